The van der Waals surface area contributed by atoms with Crippen molar-refractivity contribution in [2.45, 2.75) is 32.7 Å². The quantitative estimate of drug-likeness (QED) is 0.223. The van der Waals surface area contributed by atoms with Crippen molar-refractivity contribution in [2.24, 2.45) is 0 Å². The predicted molar refractivity (Wildman–Crippen MR) is 180 cm³/mol. The lowest BCUT2D eigenvalue weighted by atomic mass is 10.0. The highest BCUT2D eigenvalue weighted by atomic mass is 19.1. The Bertz CT molecular complexity index is 1980. The van der Waals surface area contributed by atoms with E-state index in [4.69, 9.17) is 14.8 Å². The van der Waals surface area contributed by atoms with Gasteiger partial charge in [0.2, 0.25) is 5.88 Å². The van der Waals surface area contributed by atoms with Gasteiger partial charge in [-0.3, -0.25) is 4.79 Å². The number of rotatable bonds is 6. The van der Waals surface area contributed by atoms with Crippen LogP contribution in [0, 0.1) is 5.82 Å². The monoisotopic (exact) mass is 627 g/mol. The summed E-state index contributed by atoms with van der Waals surface area (Å²) in [4.78, 5) is 27.1. The summed E-state index contributed by atoms with van der Waals surface area (Å²) in [7, 11) is 1.72. The summed E-state index contributed by atoms with van der Waals surface area (Å²) in [6.45, 7) is 3.42. The molecule has 9 nitrogen and oxygen atoms in total. The number of carbonyl (C=O) groups excluding carboxylic acids is 1. The van der Waals surface area contributed by atoms with Crippen LogP contribution in [-0.4, -0.2) is 50.1 Å². The molecule has 1 amide bonds. The van der Waals surface area contributed by atoms with Gasteiger partial charge in [-0.25, -0.2) is 14.4 Å². The molecular formula is C37H34FN7O2. The molecule has 0 fully saturated rings. The molecule has 236 valence electrons. The van der Waals surface area contributed by atoms with Gasteiger partial charge in [0.1, 0.15) is 29.1 Å². The first kappa shape index (κ1) is 29.9. The molecule has 47 heavy (non-hydrogen) atoms. The van der Waals surface area contributed by atoms with Crippen LogP contribution in [-0.2, 0) is 19.6 Å². The predicted octanol–water partition coefficient (Wildman–Crippen LogP) is 6.60. The van der Waals surface area contributed by atoms with E-state index < -0.39 is 11.9 Å². The maximum Gasteiger partial charge on any atom is 0.259 e. The number of amides is 1. The van der Waals surface area contributed by atoms with Crippen LogP contribution in [0.1, 0.15) is 34.0 Å². The number of aromatic nitrogens is 4. The standard InChI is InChI=1S/C37H34FN7O2/c1-25-22-43(2)37(46)31-21-41-45-34(31)42-33(39-19-29-18-30(38)20-40-35(29)47-25)32(28-16-10-5-11-17-28)36(45)44(23-26-12-6-3-7-13-26)24-27-14-8-4-9-15-27/h3-18,20-21,25H,19,22-24H2,1-2H3,(H,39,42). The number of benzene rings is 3. The lowest BCUT2D eigenvalue weighted by Crippen LogP contribution is -2.35. The van der Waals surface area contributed by atoms with Crippen molar-refractivity contribution in [1.29, 1.82) is 0 Å². The van der Waals surface area contributed by atoms with Gasteiger partial charge in [-0.05, 0) is 29.7 Å². The lowest BCUT2D eigenvalue weighted by Gasteiger charge is -2.29. The second-order valence-electron chi connectivity index (χ2n) is 11.7. The maximum atomic E-state index is 14.5. The molecule has 0 saturated carbocycles. The average molecular weight is 628 g/mol. The van der Waals surface area contributed by atoms with Crippen LogP contribution < -0.4 is 15.0 Å². The van der Waals surface area contributed by atoms with Crippen LogP contribution in [0.15, 0.2) is 109 Å². The number of fused-ring (bicyclic) bond motifs is 2. The Hall–Kier alpha value is -5.77. The highest BCUT2D eigenvalue weighted by molar-refractivity contribution is 6.01. The number of hydrogen-bond acceptors (Lipinski definition) is 7. The van der Waals surface area contributed by atoms with Crippen LogP contribution >= 0.6 is 0 Å². The molecule has 1 aliphatic heterocycles. The molecule has 10 heteroatoms. The van der Waals surface area contributed by atoms with E-state index in [1.165, 1.54) is 6.07 Å². The van der Waals surface area contributed by atoms with E-state index >= 15 is 0 Å². The molecule has 0 spiro atoms. The Labute approximate surface area is 272 Å². The SMILES string of the molecule is CC1CN(C)C(=O)c2cnn3c(N(Cc4ccccc4)Cc4ccccc4)c(-c4ccccc4)c(nc23)NCc2cc(F)cnc2O1. The smallest absolute Gasteiger partial charge is 0.259 e. The normalized spacial score (nSPS) is 14.8. The van der Waals surface area contributed by atoms with Crippen molar-refractivity contribution in [3.8, 4) is 17.0 Å². The molecule has 3 aromatic heterocycles. The van der Waals surface area contributed by atoms with Gasteiger partial charge >= 0.3 is 0 Å². The summed E-state index contributed by atoms with van der Waals surface area (Å²) in [6.07, 6.45) is 2.31. The number of pyridine rings is 1. The molecule has 1 atom stereocenters. The van der Waals surface area contributed by atoms with Gasteiger partial charge < -0.3 is 19.9 Å². The number of nitrogens with one attached hydrogen (secondary N) is 1. The summed E-state index contributed by atoms with van der Waals surface area (Å²) in [6, 6.07) is 31.9. The molecular weight excluding hydrogens is 593 g/mol. The molecule has 1 unspecified atom stereocenters. The van der Waals surface area contributed by atoms with E-state index in [0.29, 0.717) is 41.6 Å². The van der Waals surface area contributed by atoms with E-state index in [9.17, 15) is 9.18 Å². The van der Waals surface area contributed by atoms with Crippen LogP contribution in [0.5, 0.6) is 5.88 Å². The van der Waals surface area contributed by atoms with Crippen LogP contribution in [0.4, 0.5) is 16.0 Å². The molecule has 6 aromatic rings. The summed E-state index contributed by atoms with van der Waals surface area (Å²) in [5, 5.41) is 8.30. The Morgan fingerprint density at radius 3 is 2.23 bits per heavy atom. The van der Waals surface area contributed by atoms with E-state index in [0.717, 1.165) is 34.3 Å². The molecule has 7 rings (SSSR count). The van der Waals surface area contributed by atoms with Crippen LogP contribution in [0.25, 0.3) is 16.8 Å². The van der Waals surface area contributed by atoms with Crippen LogP contribution in [0.2, 0.25) is 0 Å². The maximum absolute atomic E-state index is 14.5. The van der Waals surface area contributed by atoms with Crippen molar-refractivity contribution >= 4 is 23.2 Å². The van der Waals surface area contributed by atoms with Crippen molar-refractivity contribution in [1.82, 2.24) is 24.5 Å². The van der Waals surface area contributed by atoms with Gasteiger partial charge in [-0.2, -0.15) is 9.61 Å². The van der Waals surface area contributed by atoms with Crippen LogP contribution in [0.3, 0.4) is 0 Å². The summed E-state index contributed by atoms with van der Waals surface area (Å²) < 4.78 is 22.5. The van der Waals surface area contributed by atoms with Crippen molar-refractivity contribution in [3.63, 3.8) is 0 Å². The van der Waals surface area contributed by atoms with Gasteiger partial charge in [0.05, 0.1) is 24.5 Å². The molecule has 0 radical (unpaired) electrons. The minimum atomic E-state index is -0.472. The largest absolute Gasteiger partial charge is 0.473 e. The van der Waals surface area contributed by atoms with Gasteiger partial charge in [0.25, 0.3) is 5.91 Å². The molecule has 3 aromatic carbocycles. The zero-order chi connectivity index (χ0) is 32.3. The number of anilines is 2. The molecule has 4 heterocycles. The number of halogens is 1. The molecule has 1 aliphatic rings. The number of hydrogen-bond donors (Lipinski definition) is 1. The minimum absolute atomic E-state index is 0.180. The lowest BCUT2D eigenvalue weighted by molar-refractivity contribution is 0.0724. The van der Waals surface area contributed by atoms with E-state index in [1.807, 2.05) is 73.7 Å². The first-order valence-corrected chi connectivity index (χ1v) is 15.5. The number of likely N-dealkylation sites (N-methyl/N-ethyl adjacent to an activating group) is 1. The highest BCUT2D eigenvalue weighted by Gasteiger charge is 2.29. The van der Waals surface area contributed by atoms with Gasteiger partial charge in [-0.1, -0.05) is 91.0 Å². The van der Waals surface area contributed by atoms with Gasteiger partial charge in [-0.15, -0.1) is 0 Å². The minimum Gasteiger partial charge on any atom is -0.473 e. The fourth-order valence-electron chi connectivity index (χ4n) is 6.02. The second-order valence-corrected chi connectivity index (χ2v) is 11.7. The topological polar surface area (TPSA) is 87.9 Å². The zero-order valence-electron chi connectivity index (χ0n) is 26.2. The van der Waals surface area contributed by atoms with E-state index in [1.54, 1.807) is 22.7 Å². The zero-order valence-corrected chi connectivity index (χ0v) is 26.2. The fourth-order valence-corrected chi connectivity index (χ4v) is 6.02. The summed E-state index contributed by atoms with van der Waals surface area (Å²) in [5.41, 5.74) is 5.22. The molecule has 2 bridgehead atoms. The summed E-state index contributed by atoms with van der Waals surface area (Å²) >= 11 is 0. The Kier molecular flexibility index (Phi) is 8.22. The Morgan fingerprint density at radius 1 is 0.936 bits per heavy atom. The van der Waals surface area contributed by atoms with Gasteiger partial charge in [0.15, 0.2) is 5.65 Å². The van der Waals surface area contributed by atoms with Crippen molar-refractivity contribution < 1.29 is 13.9 Å². The third-order valence-corrected chi connectivity index (χ3v) is 8.18. The molecule has 0 saturated heterocycles. The van der Waals surface area contributed by atoms with E-state index in [-0.39, 0.29) is 19.0 Å². The first-order valence-electron chi connectivity index (χ1n) is 15.5. The van der Waals surface area contributed by atoms with Crippen molar-refractivity contribution in [2.75, 3.05) is 23.8 Å². The van der Waals surface area contributed by atoms with E-state index in [2.05, 4.69) is 39.5 Å². The second kappa shape index (κ2) is 12.9. The average Bonchev–Trinajstić information content (AvgIpc) is 3.51. The highest BCUT2D eigenvalue weighted by Crippen LogP contribution is 2.39. The van der Waals surface area contributed by atoms with Gasteiger partial charge in [0, 0.05) is 32.2 Å². The Morgan fingerprint density at radius 2 is 1.57 bits per heavy atom. The third kappa shape index (κ3) is 6.22. The number of nitrogens with zero attached hydrogens (tertiary/aromatic N) is 6. The fraction of sp³-hybridized carbons (Fsp3) is 0.189. The van der Waals surface area contributed by atoms with Crippen molar-refractivity contribution in [3.05, 3.63) is 138 Å². The third-order valence-electron chi connectivity index (χ3n) is 8.18. The summed E-state index contributed by atoms with van der Waals surface area (Å²) in [5.74, 6) is 0.865. The molecule has 1 N–H and O–H groups in total. The number of carbonyl (C=O) groups is 1. The number of ether oxygens (including phenoxy) is 1. The first-order chi connectivity index (χ1) is 22.9. The Balaban J connectivity index is 1.50. The molecule has 0 aliphatic carbocycles.